The zero-order valence-electron chi connectivity index (χ0n) is 24.8. The standard InChI is InChI=1S/C32H32ClIN4O6S/c1-4-41-26-15-20(14-24(34)30(26)44-17-21-10-6-8-12-23(21)33)16-35-38-27(39)18-43-25-13-9-7-11-22(25)29-28(31(40)42-5-2)19(3)36-32(45)37-29/h6-16,29H,4-5,17-18H2,1-3H3,(H,38,39)(H2,36,37,45)/t29-/m0/s1. The monoisotopic (exact) mass is 762 g/mol. The van der Waals surface area contributed by atoms with E-state index in [0.717, 1.165) is 9.13 Å². The molecular weight excluding hydrogens is 731 g/mol. The average molecular weight is 763 g/mol. The van der Waals surface area contributed by atoms with Gasteiger partial charge in [-0.1, -0.05) is 48.0 Å². The molecule has 1 heterocycles. The molecular formula is C32H32ClIN4O6S. The van der Waals surface area contributed by atoms with Crippen molar-refractivity contribution >= 4 is 69.6 Å². The third-order valence-corrected chi connectivity index (χ3v) is 7.81. The van der Waals surface area contributed by atoms with Crippen molar-refractivity contribution in [2.24, 2.45) is 5.10 Å². The fraction of sp³-hybridized carbons (Fsp3) is 0.250. The Balaban J connectivity index is 1.41. The van der Waals surface area contributed by atoms with Gasteiger partial charge in [0.05, 0.1) is 34.6 Å². The Labute approximate surface area is 285 Å². The van der Waals surface area contributed by atoms with Crippen LogP contribution in [0.25, 0.3) is 0 Å². The molecule has 0 unspecified atom stereocenters. The summed E-state index contributed by atoms with van der Waals surface area (Å²) in [6, 6.07) is 17.6. The number of benzene rings is 3. The molecule has 45 heavy (non-hydrogen) atoms. The van der Waals surface area contributed by atoms with Crippen LogP contribution >= 0.6 is 46.4 Å². The predicted molar refractivity (Wildman–Crippen MR) is 185 cm³/mol. The lowest BCUT2D eigenvalue weighted by Gasteiger charge is -2.30. The molecule has 1 atom stereocenters. The SMILES string of the molecule is CCOC(=O)C1=C(C)NC(=S)N[C@H]1c1ccccc1OCC(=O)NN=Cc1cc(I)c(OCc2ccccc2Cl)c(OCC)c1. The van der Waals surface area contributed by atoms with Crippen LogP contribution < -0.4 is 30.3 Å². The average Bonchev–Trinajstić information content (AvgIpc) is 3.00. The number of hydrogen-bond donors (Lipinski definition) is 3. The summed E-state index contributed by atoms with van der Waals surface area (Å²) in [6.07, 6.45) is 1.51. The number of rotatable bonds is 13. The second-order valence-electron chi connectivity index (χ2n) is 9.55. The van der Waals surface area contributed by atoms with Gasteiger partial charge in [0.2, 0.25) is 0 Å². The lowest BCUT2D eigenvalue weighted by molar-refractivity contribution is -0.139. The third-order valence-electron chi connectivity index (χ3n) is 6.42. The molecule has 4 rings (SSSR count). The largest absolute Gasteiger partial charge is 0.490 e. The van der Waals surface area contributed by atoms with Crippen molar-refractivity contribution < 1.29 is 28.5 Å². The first-order valence-corrected chi connectivity index (χ1v) is 15.9. The van der Waals surface area contributed by atoms with Gasteiger partial charge < -0.3 is 29.6 Å². The smallest absolute Gasteiger partial charge is 0.338 e. The van der Waals surface area contributed by atoms with E-state index in [9.17, 15) is 9.59 Å². The van der Waals surface area contributed by atoms with E-state index in [1.165, 1.54) is 6.21 Å². The maximum absolute atomic E-state index is 12.8. The molecule has 0 spiro atoms. The Bertz CT molecular complexity index is 1630. The van der Waals surface area contributed by atoms with Crippen molar-refractivity contribution in [2.75, 3.05) is 19.8 Å². The van der Waals surface area contributed by atoms with Gasteiger partial charge in [0, 0.05) is 21.8 Å². The van der Waals surface area contributed by atoms with Gasteiger partial charge >= 0.3 is 5.97 Å². The maximum Gasteiger partial charge on any atom is 0.338 e. The molecule has 3 N–H and O–H groups in total. The van der Waals surface area contributed by atoms with Gasteiger partial charge in [0.25, 0.3) is 5.91 Å². The van der Waals surface area contributed by atoms with Crippen LogP contribution in [-0.2, 0) is 20.9 Å². The summed E-state index contributed by atoms with van der Waals surface area (Å²) in [4.78, 5) is 25.4. The van der Waals surface area contributed by atoms with Crippen LogP contribution in [0.15, 0.2) is 77.0 Å². The van der Waals surface area contributed by atoms with Crippen molar-refractivity contribution in [3.63, 3.8) is 0 Å². The highest BCUT2D eigenvalue weighted by Gasteiger charge is 2.32. The highest BCUT2D eigenvalue weighted by molar-refractivity contribution is 14.1. The fourth-order valence-electron chi connectivity index (χ4n) is 4.44. The Morgan fingerprint density at radius 2 is 1.80 bits per heavy atom. The minimum Gasteiger partial charge on any atom is -0.490 e. The Morgan fingerprint density at radius 1 is 1.04 bits per heavy atom. The summed E-state index contributed by atoms with van der Waals surface area (Å²) >= 11 is 13.8. The van der Waals surface area contributed by atoms with E-state index in [1.807, 2.05) is 43.3 Å². The van der Waals surface area contributed by atoms with Crippen LogP contribution in [0, 0.1) is 3.57 Å². The first-order chi connectivity index (χ1) is 21.7. The molecule has 1 aliphatic heterocycles. The number of para-hydroxylation sites is 1. The fourth-order valence-corrected chi connectivity index (χ4v) is 5.68. The number of nitrogens with one attached hydrogen (secondary N) is 3. The first-order valence-electron chi connectivity index (χ1n) is 14.0. The predicted octanol–water partition coefficient (Wildman–Crippen LogP) is 5.81. The number of halogens is 2. The minimum absolute atomic E-state index is 0.221. The molecule has 0 aromatic heterocycles. The van der Waals surface area contributed by atoms with E-state index in [0.29, 0.717) is 56.4 Å². The lowest BCUT2D eigenvalue weighted by Crippen LogP contribution is -2.45. The van der Waals surface area contributed by atoms with E-state index in [-0.39, 0.29) is 19.8 Å². The number of amides is 1. The van der Waals surface area contributed by atoms with E-state index in [2.05, 4.69) is 43.8 Å². The summed E-state index contributed by atoms with van der Waals surface area (Å²) in [7, 11) is 0. The molecule has 0 saturated carbocycles. The number of carbonyl (C=O) groups is 2. The number of ether oxygens (including phenoxy) is 4. The second kappa shape index (κ2) is 16.4. The molecule has 0 aliphatic carbocycles. The number of nitrogens with zero attached hydrogens (tertiary/aromatic N) is 1. The van der Waals surface area contributed by atoms with Crippen LogP contribution in [0.4, 0.5) is 0 Å². The van der Waals surface area contributed by atoms with E-state index < -0.39 is 17.9 Å². The molecule has 0 radical (unpaired) electrons. The van der Waals surface area contributed by atoms with Gasteiger partial charge in [0.1, 0.15) is 12.4 Å². The summed E-state index contributed by atoms with van der Waals surface area (Å²) in [6.45, 7) is 5.99. The number of esters is 1. The van der Waals surface area contributed by atoms with Gasteiger partial charge in [-0.15, -0.1) is 0 Å². The molecule has 13 heteroatoms. The van der Waals surface area contributed by atoms with Crippen molar-refractivity contribution in [2.45, 2.75) is 33.4 Å². The molecule has 0 saturated heterocycles. The Kier molecular flexibility index (Phi) is 12.4. The number of thiocarbonyl (C=S) groups is 1. The number of carbonyl (C=O) groups excluding carboxylic acids is 2. The minimum atomic E-state index is -0.631. The molecule has 10 nitrogen and oxygen atoms in total. The molecule has 0 bridgehead atoms. The van der Waals surface area contributed by atoms with Gasteiger partial charge in [-0.3, -0.25) is 4.79 Å². The normalized spacial score (nSPS) is 14.4. The summed E-state index contributed by atoms with van der Waals surface area (Å²) in [5.74, 6) is 0.572. The quantitative estimate of drug-likeness (QED) is 0.0653. The molecule has 3 aromatic rings. The van der Waals surface area contributed by atoms with Crippen LogP contribution in [0.5, 0.6) is 17.2 Å². The molecule has 1 amide bonds. The van der Waals surface area contributed by atoms with Crippen molar-refractivity contribution in [1.29, 1.82) is 0 Å². The van der Waals surface area contributed by atoms with Gasteiger partial charge in [-0.25, -0.2) is 10.2 Å². The van der Waals surface area contributed by atoms with Crippen LogP contribution in [0.3, 0.4) is 0 Å². The lowest BCUT2D eigenvalue weighted by atomic mass is 9.95. The second-order valence-corrected chi connectivity index (χ2v) is 11.5. The van der Waals surface area contributed by atoms with Crippen molar-refractivity contribution in [1.82, 2.24) is 16.1 Å². The van der Waals surface area contributed by atoms with E-state index >= 15 is 0 Å². The van der Waals surface area contributed by atoms with Gasteiger partial charge in [-0.05, 0) is 85.4 Å². The Hall–Kier alpha value is -3.88. The number of hydrogen-bond acceptors (Lipinski definition) is 8. The zero-order chi connectivity index (χ0) is 32.3. The topological polar surface area (TPSA) is 120 Å². The highest BCUT2D eigenvalue weighted by atomic mass is 127. The van der Waals surface area contributed by atoms with Crippen molar-refractivity contribution in [3.05, 3.63) is 97.2 Å². The molecule has 236 valence electrons. The van der Waals surface area contributed by atoms with Gasteiger partial charge in [0.15, 0.2) is 23.2 Å². The zero-order valence-corrected chi connectivity index (χ0v) is 28.5. The first kappa shape index (κ1) is 34.0. The number of allylic oxidation sites excluding steroid dienone is 1. The highest BCUT2D eigenvalue weighted by Crippen LogP contribution is 2.35. The summed E-state index contributed by atoms with van der Waals surface area (Å²) < 4.78 is 23.8. The molecule has 1 aliphatic rings. The molecule has 0 fully saturated rings. The summed E-state index contributed by atoms with van der Waals surface area (Å²) in [5, 5.41) is 11.1. The van der Waals surface area contributed by atoms with Crippen molar-refractivity contribution in [3.8, 4) is 17.2 Å². The van der Waals surface area contributed by atoms with E-state index in [4.69, 9.17) is 42.8 Å². The van der Waals surface area contributed by atoms with Crippen LogP contribution in [0.2, 0.25) is 5.02 Å². The van der Waals surface area contributed by atoms with Gasteiger partial charge in [-0.2, -0.15) is 5.10 Å². The van der Waals surface area contributed by atoms with Crippen LogP contribution in [0.1, 0.15) is 43.5 Å². The number of hydrazone groups is 1. The molecule has 3 aromatic carbocycles. The summed E-state index contributed by atoms with van der Waals surface area (Å²) in [5.41, 5.74) is 5.60. The van der Waals surface area contributed by atoms with E-state index in [1.54, 1.807) is 38.1 Å². The Morgan fingerprint density at radius 3 is 2.56 bits per heavy atom. The third kappa shape index (κ3) is 9.08. The van der Waals surface area contributed by atoms with Crippen LogP contribution in [-0.4, -0.2) is 43.0 Å². The maximum atomic E-state index is 12.8.